The van der Waals surface area contributed by atoms with E-state index in [1.807, 2.05) is 0 Å². The number of hydrogen-bond acceptors (Lipinski definition) is 28. The van der Waals surface area contributed by atoms with Gasteiger partial charge < -0.3 is 102 Å². The largest absolute Gasteiger partial charge is 2.00 e. The molecular weight excluding hydrogens is 1450 g/mol. The van der Waals surface area contributed by atoms with Crippen molar-refractivity contribution in [2.24, 2.45) is 40.8 Å². The number of benzene rings is 8. The fourth-order valence-electron chi connectivity index (χ4n) is 5.98. The van der Waals surface area contributed by atoms with Crippen LogP contribution in [0.25, 0.3) is 0 Å². The summed E-state index contributed by atoms with van der Waals surface area (Å²) in [7, 11) is 0. The number of rotatable bonds is 12. The fourth-order valence-corrected chi connectivity index (χ4v) is 5.98. The summed E-state index contributed by atoms with van der Waals surface area (Å²) in [6.07, 6.45) is 4.28. The number of phenols is 8. The van der Waals surface area contributed by atoms with Crippen LogP contribution in [-0.2, 0) is 68.3 Å². The molecule has 32 heteroatoms. The molecule has 4 radical (unpaired) electrons. The van der Waals surface area contributed by atoms with Gasteiger partial charge in [-0.15, -0.1) is 0 Å². The third-order valence-electron chi connectivity index (χ3n) is 10.0. The third-order valence-corrected chi connectivity index (χ3v) is 10.0. The molecule has 96 heavy (non-hydrogen) atoms. The van der Waals surface area contributed by atoms with Crippen LogP contribution in [0.3, 0.4) is 0 Å². The molecule has 8 aromatic carbocycles. The van der Waals surface area contributed by atoms with Gasteiger partial charge in [-0.05, 0) is 98.5 Å². The molecule has 8 rings (SSSR count). The topological polar surface area (TPSA) is 526 Å². The number of nitrogens with zero attached hydrogens (tertiary/aromatic N) is 8. The van der Waals surface area contributed by atoms with Gasteiger partial charge in [0.25, 0.3) is 0 Å². The maximum Gasteiger partial charge on any atom is 2.00 e. The second kappa shape index (κ2) is 53.2. The summed E-state index contributed by atoms with van der Waals surface area (Å²) in [6.45, 7) is 7.72. The first-order chi connectivity index (χ1) is 44.0. The summed E-state index contributed by atoms with van der Waals surface area (Å²) < 4.78 is 0. The Balaban J connectivity index is -0.000000548. The van der Waals surface area contributed by atoms with Crippen molar-refractivity contribution in [3.05, 3.63) is 214 Å². The minimum atomic E-state index is -0.730. The van der Waals surface area contributed by atoms with Crippen molar-refractivity contribution >= 4 is 48.4 Å². The SMILES string of the molecule is CCO.CCO.CCO.CCO.[Cu+2].[Cu+2].[Cu+2].[Cu+2].[O-]/C(=N\N=C\c1cccc(O)c1[O-])c1ccccc1O.[O-]/C(=N\N=C\c1cccc(O)c1[O-])c1ccccc1O.[O-]/C(=N\N=C\c1cccc(O)c1[O-])c1ccccc1O.[O-]/C(=N\N=C\c1cccc(O)c1[O-])c1ccccc1O. The standard InChI is InChI=1S/4C14H12N2O4.4C2H6O.4Cu/c4*17-11-6-2-1-5-10(11)14(20)16-15-8-9-4-3-7-12(18)13(9)19;4*1-2-3;;;;/h4*1-8,17-19H,(H,16,20);4*3H,2H2,1H3;;;;/q;;;;;;;;4*+2/p-8/b4*15-8+;;;;;;;;. The molecule has 12 N–H and O–H groups in total. The van der Waals surface area contributed by atoms with E-state index in [2.05, 4.69) is 40.8 Å². The first kappa shape index (κ1) is 92.2. The Morgan fingerprint density at radius 2 is 0.417 bits per heavy atom. The zero-order chi connectivity index (χ0) is 69.0. The van der Waals surface area contributed by atoms with Crippen LogP contribution in [0.2, 0.25) is 0 Å². The molecule has 0 amide bonds. The zero-order valence-corrected chi connectivity index (χ0v) is 54.5. The number of aliphatic hydroxyl groups excluding tert-OH is 4. The van der Waals surface area contributed by atoms with E-state index >= 15 is 0 Å². The van der Waals surface area contributed by atoms with Gasteiger partial charge in [-0.1, -0.05) is 144 Å². The molecule has 8 aromatic rings. The van der Waals surface area contributed by atoms with E-state index in [0.29, 0.717) is 0 Å². The van der Waals surface area contributed by atoms with Crippen LogP contribution in [0.1, 0.15) is 72.2 Å². The minimum absolute atomic E-state index is 0. The average molecular weight is 1520 g/mol. The van der Waals surface area contributed by atoms with Gasteiger partial charge in [-0.2, -0.15) is 40.8 Å². The van der Waals surface area contributed by atoms with Crippen molar-refractivity contribution in [2.75, 3.05) is 26.4 Å². The summed E-state index contributed by atoms with van der Waals surface area (Å²) in [4.78, 5) is 0. The molecule has 28 nitrogen and oxygen atoms in total. The van der Waals surface area contributed by atoms with Crippen LogP contribution in [0.4, 0.5) is 0 Å². The predicted octanol–water partition coefficient (Wildman–Crippen LogP) is 1.23. The molecule has 0 aliphatic rings. The van der Waals surface area contributed by atoms with E-state index < -0.39 is 69.6 Å². The molecule has 0 aromatic heterocycles. The van der Waals surface area contributed by atoms with E-state index in [-0.39, 0.29) is 162 Å². The summed E-state index contributed by atoms with van der Waals surface area (Å²) in [5.41, 5.74) is 0.506. The van der Waals surface area contributed by atoms with Gasteiger partial charge in [0.05, 0.1) is 24.9 Å². The zero-order valence-electron chi connectivity index (χ0n) is 50.7. The molecule has 0 atom stereocenters. The maximum absolute atomic E-state index is 11.6. The summed E-state index contributed by atoms with van der Waals surface area (Å²) in [5.74, 6) is -7.69. The van der Waals surface area contributed by atoms with E-state index in [1.165, 1.54) is 121 Å². The molecule has 0 aliphatic heterocycles. The molecule has 0 aliphatic carbocycles. The first-order valence-electron chi connectivity index (χ1n) is 26.7. The molecule has 0 spiro atoms. The Hall–Kier alpha value is -10.2. The van der Waals surface area contributed by atoms with Crippen LogP contribution < -0.4 is 40.9 Å². The maximum atomic E-state index is 11.6. The quantitative estimate of drug-likeness (QED) is 0.0354. The van der Waals surface area contributed by atoms with Crippen LogP contribution in [0.15, 0.2) is 211 Å². The van der Waals surface area contributed by atoms with Crippen LogP contribution in [0.5, 0.6) is 69.0 Å². The van der Waals surface area contributed by atoms with Gasteiger partial charge in [0, 0.05) is 72.3 Å². The van der Waals surface area contributed by atoms with Crippen LogP contribution in [-0.4, -0.2) is 136 Å². The summed E-state index contributed by atoms with van der Waals surface area (Å²) >= 11 is 0. The number of aliphatic hydroxyl groups is 4. The van der Waals surface area contributed by atoms with Gasteiger partial charge in [0.2, 0.25) is 0 Å². The van der Waals surface area contributed by atoms with E-state index in [1.54, 1.807) is 76.2 Å². The van der Waals surface area contributed by atoms with Crippen LogP contribution >= 0.6 is 0 Å². The van der Waals surface area contributed by atoms with Crippen LogP contribution in [0, 0.1) is 0 Å². The Morgan fingerprint density at radius 3 is 0.573 bits per heavy atom. The van der Waals surface area contributed by atoms with Crippen molar-refractivity contribution < 1.29 is 170 Å². The average Bonchev–Trinajstić information content (AvgIpc) is 1.05. The molecule has 0 unspecified atom stereocenters. The second-order valence-corrected chi connectivity index (χ2v) is 16.7. The number of hydrogen-bond donors (Lipinski definition) is 12. The molecule has 0 saturated heterocycles. The first-order valence-corrected chi connectivity index (χ1v) is 26.7. The third kappa shape index (κ3) is 34.1. The molecule has 0 fully saturated rings. The smallest absolute Gasteiger partial charge is 0.870 e. The molecular formula is C64H64Cu4N8O20. The van der Waals surface area contributed by atoms with Gasteiger partial charge in [0.15, 0.2) is 0 Å². The summed E-state index contributed by atoms with van der Waals surface area (Å²) in [6, 6.07) is 40.3. The molecule has 524 valence electrons. The van der Waals surface area contributed by atoms with Crippen molar-refractivity contribution in [1.29, 1.82) is 0 Å². The number of phenolic OH excluding ortho intramolecular Hbond substituents is 8. The predicted molar refractivity (Wildman–Crippen MR) is 330 cm³/mol. The Kier molecular flexibility index (Phi) is 51.2. The van der Waals surface area contributed by atoms with Crippen molar-refractivity contribution in [3.8, 4) is 69.0 Å². The number of aromatic hydroxyl groups is 8. The van der Waals surface area contributed by atoms with Gasteiger partial charge in [-0.25, -0.2) is 0 Å². The van der Waals surface area contributed by atoms with Crippen molar-refractivity contribution in [1.82, 2.24) is 0 Å². The van der Waals surface area contributed by atoms with E-state index in [9.17, 15) is 81.7 Å². The van der Waals surface area contributed by atoms with Crippen molar-refractivity contribution in [2.45, 2.75) is 27.7 Å². The Morgan fingerprint density at radius 1 is 0.271 bits per heavy atom. The van der Waals surface area contributed by atoms with Gasteiger partial charge in [-0.3, -0.25) is 0 Å². The number of para-hydroxylation sites is 8. The minimum Gasteiger partial charge on any atom is -0.870 e. The van der Waals surface area contributed by atoms with E-state index in [4.69, 9.17) is 20.4 Å². The summed E-state index contributed by atoms with van der Waals surface area (Å²) in [5, 5.41) is 225. The van der Waals surface area contributed by atoms with Crippen molar-refractivity contribution in [3.63, 3.8) is 0 Å². The fraction of sp³-hybridized carbons (Fsp3) is 0.125. The molecule has 0 heterocycles. The second-order valence-electron chi connectivity index (χ2n) is 16.7. The Bertz CT molecular complexity index is 3300. The normalized spacial score (nSPS) is 10.7. The van der Waals surface area contributed by atoms with Gasteiger partial charge >= 0.3 is 68.3 Å². The Labute approximate surface area is 593 Å². The molecule has 0 bridgehead atoms. The molecule has 0 saturated carbocycles. The monoisotopic (exact) mass is 1520 g/mol. The van der Waals surface area contributed by atoms with E-state index in [0.717, 1.165) is 24.9 Å². The van der Waals surface area contributed by atoms with Gasteiger partial charge in [0.1, 0.15) is 46.0 Å².